The number of ether oxygens (including phenoxy) is 1. The molecule has 0 atom stereocenters. The number of methoxy groups -OCH3 is 1. The molecule has 0 unspecified atom stereocenters. The number of hydrogen-bond donors (Lipinski definition) is 3. The number of aromatic carboxylic acids is 1. The van der Waals surface area contributed by atoms with Gasteiger partial charge < -0.3 is 14.8 Å². The van der Waals surface area contributed by atoms with Crippen LogP contribution in [0.1, 0.15) is 47.8 Å². The minimum Gasteiger partial charge on any atom is -0.496 e. The van der Waals surface area contributed by atoms with E-state index < -0.39 is 32.8 Å². The first kappa shape index (κ1) is 26.7. The number of nitrogens with one attached hydrogen (secondary N) is 2. The summed E-state index contributed by atoms with van der Waals surface area (Å²) in [7, 11) is -2.08. The van der Waals surface area contributed by atoms with Crippen molar-refractivity contribution in [1.29, 1.82) is 0 Å². The summed E-state index contributed by atoms with van der Waals surface area (Å²) in [5.74, 6) is -1.32. The number of anilines is 1. The van der Waals surface area contributed by atoms with Gasteiger partial charge in [-0.15, -0.1) is 0 Å². The standard InChI is InChI=1S/C26H27FN2O6S/c1-26(2,3)22-11-17(20-12-18(27)14-28-24(20)30)10-16(23(22)35-4)7-6-15-8-9-19(29-36(5,33)34)13-21(15)25(31)32/h6-14,29H,1-5H3,(H,28,30)(H,31,32). The Morgan fingerprint density at radius 1 is 1.11 bits per heavy atom. The number of pyridine rings is 1. The summed E-state index contributed by atoms with van der Waals surface area (Å²) in [4.78, 5) is 26.7. The van der Waals surface area contributed by atoms with Crippen molar-refractivity contribution >= 4 is 33.8 Å². The van der Waals surface area contributed by atoms with Crippen LogP contribution in [0, 0.1) is 5.82 Å². The van der Waals surface area contributed by atoms with E-state index in [9.17, 15) is 27.5 Å². The van der Waals surface area contributed by atoms with E-state index in [0.29, 0.717) is 22.4 Å². The Balaban J connectivity index is 2.21. The number of hydrogen-bond acceptors (Lipinski definition) is 5. The lowest BCUT2D eigenvalue weighted by molar-refractivity contribution is 0.0696. The van der Waals surface area contributed by atoms with E-state index in [4.69, 9.17) is 4.74 Å². The average molecular weight is 515 g/mol. The zero-order valence-corrected chi connectivity index (χ0v) is 21.3. The van der Waals surface area contributed by atoms with Crippen molar-refractivity contribution in [3.05, 3.63) is 81.0 Å². The molecule has 0 radical (unpaired) electrons. The molecule has 0 aliphatic rings. The van der Waals surface area contributed by atoms with Crippen LogP contribution in [0.25, 0.3) is 23.3 Å². The third-order valence-corrected chi connectivity index (χ3v) is 5.94. The molecule has 8 nitrogen and oxygen atoms in total. The van der Waals surface area contributed by atoms with Gasteiger partial charge in [0.1, 0.15) is 11.6 Å². The first-order chi connectivity index (χ1) is 16.7. The number of H-pyrrole nitrogens is 1. The van der Waals surface area contributed by atoms with Gasteiger partial charge >= 0.3 is 5.97 Å². The monoisotopic (exact) mass is 514 g/mol. The normalized spacial score (nSPS) is 12.1. The maximum Gasteiger partial charge on any atom is 0.336 e. The molecule has 3 rings (SSSR count). The number of sulfonamides is 1. The van der Waals surface area contributed by atoms with Crippen molar-refractivity contribution in [3.63, 3.8) is 0 Å². The Labute approximate surface area is 208 Å². The van der Waals surface area contributed by atoms with Gasteiger partial charge in [0, 0.05) is 28.6 Å². The van der Waals surface area contributed by atoms with Gasteiger partial charge in [-0.1, -0.05) is 39.0 Å². The summed E-state index contributed by atoms with van der Waals surface area (Å²) in [6, 6.07) is 8.74. The molecule has 190 valence electrons. The van der Waals surface area contributed by atoms with Crippen molar-refractivity contribution < 1.29 is 27.4 Å². The molecule has 0 amide bonds. The van der Waals surface area contributed by atoms with Crippen molar-refractivity contribution in [3.8, 4) is 16.9 Å². The van der Waals surface area contributed by atoms with E-state index in [1.807, 2.05) is 20.8 Å². The first-order valence-electron chi connectivity index (χ1n) is 10.8. The number of rotatable bonds is 7. The number of carbonyl (C=O) groups is 1. The van der Waals surface area contributed by atoms with E-state index in [-0.39, 0.29) is 16.8 Å². The fourth-order valence-electron chi connectivity index (χ4n) is 3.73. The lowest BCUT2D eigenvalue weighted by Crippen LogP contribution is -2.15. The predicted molar refractivity (Wildman–Crippen MR) is 139 cm³/mol. The van der Waals surface area contributed by atoms with Gasteiger partial charge in [-0.05, 0) is 46.9 Å². The summed E-state index contributed by atoms with van der Waals surface area (Å²) in [6.07, 6.45) is 5.14. The highest BCUT2D eigenvalue weighted by molar-refractivity contribution is 7.92. The summed E-state index contributed by atoms with van der Waals surface area (Å²) < 4.78 is 44.9. The fourth-order valence-corrected chi connectivity index (χ4v) is 4.29. The molecule has 0 saturated carbocycles. The molecular formula is C26H27FN2O6S. The molecule has 0 fully saturated rings. The molecule has 2 aromatic carbocycles. The Morgan fingerprint density at radius 2 is 1.78 bits per heavy atom. The number of halogens is 1. The van der Waals surface area contributed by atoms with Gasteiger partial charge in [-0.25, -0.2) is 17.6 Å². The summed E-state index contributed by atoms with van der Waals surface area (Å²) in [5.41, 5.74) is 1.35. The smallest absolute Gasteiger partial charge is 0.336 e. The van der Waals surface area contributed by atoms with Crippen LogP contribution in [0.2, 0.25) is 0 Å². The minimum absolute atomic E-state index is 0.118. The second-order valence-corrected chi connectivity index (χ2v) is 11.0. The summed E-state index contributed by atoms with van der Waals surface area (Å²) in [6.45, 7) is 5.90. The molecule has 0 saturated heterocycles. The number of carboxylic acid groups (broad SMARTS) is 1. The van der Waals surface area contributed by atoms with Crippen LogP contribution in [0.4, 0.5) is 10.1 Å². The van der Waals surface area contributed by atoms with Crippen LogP contribution < -0.4 is 15.0 Å². The quantitative estimate of drug-likeness (QED) is 0.392. The van der Waals surface area contributed by atoms with E-state index in [1.54, 1.807) is 24.3 Å². The zero-order valence-electron chi connectivity index (χ0n) is 20.5. The highest BCUT2D eigenvalue weighted by atomic mass is 32.2. The summed E-state index contributed by atoms with van der Waals surface area (Å²) >= 11 is 0. The molecule has 10 heteroatoms. The number of aromatic nitrogens is 1. The third-order valence-electron chi connectivity index (χ3n) is 5.34. The average Bonchev–Trinajstić information content (AvgIpc) is 2.77. The van der Waals surface area contributed by atoms with Crippen LogP contribution >= 0.6 is 0 Å². The lowest BCUT2D eigenvalue weighted by Gasteiger charge is -2.24. The Hall–Kier alpha value is -3.92. The van der Waals surface area contributed by atoms with Crippen molar-refractivity contribution in [1.82, 2.24) is 4.98 Å². The van der Waals surface area contributed by atoms with Crippen LogP contribution in [0.5, 0.6) is 5.75 Å². The number of benzene rings is 2. The molecule has 3 N–H and O–H groups in total. The van der Waals surface area contributed by atoms with Crippen molar-refractivity contribution in [2.75, 3.05) is 18.1 Å². The Bertz CT molecular complexity index is 1520. The number of carboxylic acids is 1. The van der Waals surface area contributed by atoms with Gasteiger partial charge in [0.25, 0.3) is 5.56 Å². The topological polar surface area (TPSA) is 126 Å². The second kappa shape index (κ2) is 9.98. The maximum absolute atomic E-state index is 13.9. The van der Waals surface area contributed by atoms with Gasteiger partial charge in [0.15, 0.2) is 0 Å². The van der Waals surface area contributed by atoms with E-state index in [1.165, 1.54) is 25.3 Å². The maximum atomic E-state index is 13.9. The molecule has 0 bridgehead atoms. The zero-order chi connectivity index (χ0) is 26.8. The highest BCUT2D eigenvalue weighted by Crippen LogP contribution is 2.38. The molecule has 3 aromatic rings. The molecule has 1 heterocycles. The Kier molecular flexibility index (Phi) is 7.40. The van der Waals surface area contributed by atoms with E-state index in [0.717, 1.165) is 24.1 Å². The van der Waals surface area contributed by atoms with Gasteiger partial charge in [0.05, 0.1) is 18.9 Å². The van der Waals surface area contributed by atoms with Gasteiger partial charge in [-0.2, -0.15) is 0 Å². The molecule has 0 spiro atoms. The fraction of sp³-hybridized carbons (Fsp3) is 0.231. The van der Waals surface area contributed by atoms with Crippen LogP contribution in [-0.4, -0.2) is 37.8 Å². The van der Waals surface area contributed by atoms with Crippen LogP contribution in [-0.2, 0) is 15.4 Å². The number of aromatic amines is 1. The minimum atomic E-state index is -3.59. The Morgan fingerprint density at radius 3 is 2.36 bits per heavy atom. The van der Waals surface area contributed by atoms with Crippen molar-refractivity contribution in [2.24, 2.45) is 0 Å². The SMILES string of the molecule is COc1c(C=Cc2ccc(NS(C)(=O)=O)cc2C(=O)O)cc(-c2cc(F)c[nH]c2=O)cc1C(C)(C)C. The van der Waals surface area contributed by atoms with E-state index in [2.05, 4.69) is 9.71 Å². The predicted octanol–water partition coefficient (Wildman–Crippen LogP) is 4.73. The first-order valence-corrected chi connectivity index (χ1v) is 12.7. The molecular weight excluding hydrogens is 487 g/mol. The molecule has 36 heavy (non-hydrogen) atoms. The van der Waals surface area contributed by atoms with Crippen LogP contribution in [0.15, 0.2) is 47.4 Å². The van der Waals surface area contributed by atoms with Crippen LogP contribution in [0.3, 0.4) is 0 Å². The third kappa shape index (κ3) is 6.19. The summed E-state index contributed by atoms with van der Waals surface area (Å²) in [5, 5.41) is 9.68. The molecule has 1 aromatic heterocycles. The molecule has 0 aliphatic carbocycles. The highest BCUT2D eigenvalue weighted by Gasteiger charge is 2.23. The van der Waals surface area contributed by atoms with Gasteiger partial charge in [0.2, 0.25) is 10.0 Å². The largest absolute Gasteiger partial charge is 0.496 e. The second-order valence-electron chi connectivity index (χ2n) is 9.27. The lowest BCUT2D eigenvalue weighted by atomic mass is 9.83. The molecule has 0 aliphatic heterocycles. The van der Waals surface area contributed by atoms with Crippen molar-refractivity contribution in [2.45, 2.75) is 26.2 Å². The van der Waals surface area contributed by atoms with E-state index >= 15 is 0 Å². The van der Waals surface area contributed by atoms with Gasteiger partial charge in [-0.3, -0.25) is 9.52 Å².